The second kappa shape index (κ2) is 10.1. The van der Waals surface area contributed by atoms with E-state index in [1.165, 1.54) is 0 Å². The van der Waals surface area contributed by atoms with Crippen molar-refractivity contribution in [2.24, 2.45) is 5.92 Å². The minimum atomic E-state index is -1.28. The van der Waals surface area contributed by atoms with E-state index in [-0.39, 0.29) is 24.2 Å². The topological polar surface area (TPSA) is 95.3 Å². The molecule has 5 atom stereocenters. The summed E-state index contributed by atoms with van der Waals surface area (Å²) in [5.74, 6) is 0.972. The van der Waals surface area contributed by atoms with E-state index in [2.05, 4.69) is 4.98 Å². The van der Waals surface area contributed by atoms with Gasteiger partial charge in [0.25, 0.3) is 0 Å². The highest BCUT2D eigenvalue weighted by Crippen LogP contribution is 2.43. The lowest BCUT2D eigenvalue weighted by atomic mass is 9.93. The first-order valence-corrected chi connectivity index (χ1v) is 12.2. The van der Waals surface area contributed by atoms with Gasteiger partial charge in [0, 0.05) is 25.6 Å². The summed E-state index contributed by atoms with van der Waals surface area (Å²) in [6.45, 7) is 1.43. The van der Waals surface area contributed by atoms with Crippen LogP contribution in [-0.4, -0.2) is 62.6 Å². The van der Waals surface area contributed by atoms with Crippen molar-refractivity contribution in [3.05, 3.63) is 89.2 Å². The highest BCUT2D eigenvalue weighted by Gasteiger charge is 2.59. The van der Waals surface area contributed by atoms with Gasteiger partial charge in [0.15, 0.2) is 10.9 Å². The number of rotatable bonds is 8. The van der Waals surface area contributed by atoms with Crippen molar-refractivity contribution in [3.63, 3.8) is 0 Å². The van der Waals surface area contributed by atoms with Gasteiger partial charge in [0.05, 0.1) is 5.69 Å². The molecule has 5 rings (SSSR count). The zero-order valence-corrected chi connectivity index (χ0v) is 20.0. The van der Waals surface area contributed by atoms with Crippen LogP contribution in [0.15, 0.2) is 72.8 Å². The number of aromatic nitrogens is 1. The van der Waals surface area contributed by atoms with E-state index in [1.807, 2.05) is 65.6 Å². The largest absolute Gasteiger partial charge is 0.488 e. The maximum absolute atomic E-state index is 11.2. The van der Waals surface area contributed by atoms with Crippen molar-refractivity contribution in [1.29, 1.82) is 0 Å². The summed E-state index contributed by atoms with van der Waals surface area (Å²) >= 11 is 6.31. The van der Waals surface area contributed by atoms with E-state index in [9.17, 15) is 15.3 Å². The minimum absolute atomic E-state index is 0.149. The molecule has 8 heteroatoms. The Morgan fingerprint density at radius 1 is 1.06 bits per heavy atom. The standard InChI is InChI=1S/C27H29ClN2O5/c28-26-23(34-16-18-7-3-1-4-8-18)12-11-21(29-26)22(31)15-30-14-19-13-24(25(32)27(19,33)17-30)35-20-9-5-2-6-10-20/h1-12,19,22,24-25,31-33H,13-17H2/t19-,22-,24+,25+,27-/m0/s1. The molecule has 1 saturated carbocycles. The smallest absolute Gasteiger partial charge is 0.171 e. The maximum Gasteiger partial charge on any atom is 0.171 e. The lowest BCUT2D eigenvalue weighted by Gasteiger charge is -2.29. The average molecular weight is 497 g/mol. The molecule has 3 N–H and O–H groups in total. The number of para-hydroxylation sites is 1. The molecular formula is C27H29ClN2O5. The number of hydrogen-bond donors (Lipinski definition) is 3. The van der Waals surface area contributed by atoms with Gasteiger partial charge in [-0.15, -0.1) is 0 Å². The van der Waals surface area contributed by atoms with Crippen LogP contribution in [0.25, 0.3) is 0 Å². The average Bonchev–Trinajstić information content (AvgIpc) is 3.29. The summed E-state index contributed by atoms with van der Waals surface area (Å²) in [6.07, 6.45) is -1.84. The Morgan fingerprint density at radius 3 is 2.46 bits per heavy atom. The van der Waals surface area contributed by atoms with Gasteiger partial charge in [-0.1, -0.05) is 60.1 Å². The number of hydrogen-bond acceptors (Lipinski definition) is 7. The van der Waals surface area contributed by atoms with E-state index < -0.39 is 23.9 Å². The third-order valence-electron chi connectivity index (χ3n) is 6.92. The zero-order chi connectivity index (χ0) is 24.4. The van der Waals surface area contributed by atoms with Crippen molar-refractivity contribution in [1.82, 2.24) is 9.88 Å². The van der Waals surface area contributed by atoms with Gasteiger partial charge in [-0.05, 0) is 36.2 Å². The highest BCUT2D eigenvalue weighted by atomic mass is 35.5. The van der Waals surface area contributed by atoms with Gasteiger partial charge in [-0.3, -0.25) is 4.90 Å². The summed E-state index contributed by atoms with van der Waals surface area (Å²) in [5, 5.41) is 33.0. The molecule has 2 heterocycles. The number of nitrogens with zero attached hydrogens (tertiary/aromatic N) is 2. The Labute approximate surface area is 209 Å². The van der Waals surface area contributed by atoms with Gasteiger partial charge < -0.3 is 24.8 Å². The van der Waals surface area contributed by atoms with Gasteiger partial charge >= 0.3 is 0 Å². The Bertz CT molecular complexity index is 1130. The molecule has 2 aliphatic rings. The number of halogens is 1. The highest BCUT2D eigenvalue weighted by molar-refractivity contribution is 6.30. The van der Waals surface area contributed by atoms with Crippen molar-refractivity contribution in [2.75, 3.05) is 19.6 Å². The summed E-state index contributed by atoms with van der Waals surface area (Å²) in [6, 6.07) is 22.5. The molecule has 0 radical (unpaired) electrons. The molecule has 1 aromatic heterocycles. The normalized spacial score (nSPS) is 26.9. The monoisotopic (exact) mass is 496 g/mol. The Kier molecular flexibility index (Phi) is 6.95. The van der Waals surface area contributed by atoms with Crippen LogP contribution in [0.4, 0.5) is 0 Å². The fourth-order valence-corrected chi connectivity index (χ4v) is 5.31. The van der Waals surface area contributed by atoms with E-state index in [1.54, 1.807) is 12.1 Å². The Morgan fingerprint density at radius 2 is 1.77 bits per heavy atom. The van der Waals surface area contributed by atoms with E-state index in [0.717, 1.165) is 5.56 Å². The third kappa shape index (κ3) is 5.15. The van der Waals surface area contributed by atoms with Crippen LogP contribution < -0.4 is 9.47 Å². The van der Waals surface area contributed by atoms with Crippen molar-refractivity contribution in [3.8, 4) is 11.5 Å². The SMILES string of the molecule is O[C@@H]1[C@H](Oc2ccccc2)C[C@H]2CN(C[C@H](O)c3ccc(OCc4ccccc4)c(Cl)n3)C[C@]21O. The Balaban J connectivity index is 1.17. The molecule has 1 aliphatic carbocycles. The molecular weight excluding hydrogens is 468 g/mol. The maximum atomic E-state index is 11.2. The quantitative estimate of drug-likeness (QED) is 0.412. The molecule has 35 heavy (non-hydrogen) atoms. The number of benzene rings is 2. The number of aliphatic hydroxyl groups excluding tert-OH is 2. The van der Waals surface area contributed by atoms with Gasteiger partial charge in [0.2, 0.25) is 0 Å². The molecule has 0 bridgehead atoms. The van der Waals surface area contributed by atoms with Gasteiger partial charge in [-0.25, -0.2) is 4.98 Å². The minimum Gasteiger partial charge on any atom is -0.488 e. The van der Waals surface area contributed by atoms with Gasteiger partial charge in [-0.2, -0.15) is 0 Å². The Hall–Kier alpha value is -2.68. The zero-order valence-electron chi connectivity index (χ0n) is 19.2. The van der Waals surface area contributed by atoms with Crippen LogP contribution in [0.2, 0.25) is 5.15 Å². The predicted octanol–water partition coefficient (Wildman–Crippen LogP) is 3.22. The first kappa shape index (κ1) is 24.0. The lowest BCUT2D eigenvalue weighted by molar-refractivity contribution is -0.0876. The lowest BCUT2D eigenvalue weighted by Crippen LogP contribution is -2.49. The van der Waals surface area contributed by atoms with Crippen molar-refractivity contribution in [2.45, 2.75) is 36.9 Å². The molecule has 7 nitrogen and oxygen atoms in total. The summed E-state index contributed by atoms with van der Waals surface area (Å²) in [7, 11) is 0. The molecule has 184 valence electrons. The van der Waals surface area contributed by atoms with E-state index in [4.69, 9.17) is 21.1 Å². The molecule has 1 aliphatic heterocycles. The van der Waals surface area contributed by atoms with Crippen LogP contribution in [-0.2, 0) is 6.61 Å². The first-order chi connectivity index (χ1) is 16.9. The summed E-state index contributed by atoms with van der Waals surface area (Å²) < 4.78 is 11.7. The molecule has 0 spiro atoms. The molecule has 3 aromatic rings. The van der Waals surface area contributed by atoms with Crippen LogP contribution in [0, 0.1) is 5.92 Å². The number of aliphatic hydroxyl groups is 3. The fraction of sp³-hybridized carbons (Fsp3) is 0.370. The van der Waals surface area contributed by atoms with Crippen LogP contribution in [0.1, 0.15) is 23.8 Å². The van der Waals surface area contributed by atoms with Crippen molar-refractivity contribution < 1.29 is 24.8 Å². The summed E-state index contributed by atoms with van der Waals surface area (Å²) in [4.78, 5) is 6.27. The second-order valence-corrected chi connectivity index (χ2v) is 9.71. The van der Waals surface area contributed by atoms with Gasteiger partial charge in [0.1, 0.15) is 36.3 Å². The van der Waals surface area contributed by atoms with Crippen molar-refractivity contribution >= 4 is 11.6 Å². The first-order valence-electron chi connectivity index (χ1n) is 11.8. The number of ether oxygens (including phenoxy) is 2. The van der Waals surface area contributed by atoms with E-state index in [0.29, 0.717) is 36.8 Å². The molecule has 1 saturated heterocycles. The number of β-amino-alcohol motifs (C(OH)–C–C–N with tert-alkyl or cyclic N) is 2. The molecule has 2 aromatic carbocycles. The van der Waals surface area contributed by atoms with Crippen LogP contribution >= 0.6 is 11.6 Å². The second-order valence-electron chi connectivity index (χ2n) is 9.35. The number of fused-ring (bicyclic) bond motifs is 1. The molecule has 0 unspecified atom stereocenters. The molecule has 2 fully saturated rings. The number of pyridine rings is 1. The summed E-state index contributed by atoms with van der Waals surface area (Å²) in [5.41, 5.74) is 0.167. The predicted molar refractivity (Wildman–Crippen MR) is 131 cm³/mol. The van der Waals surface area contributed by atoms with E-state index >= 15 is 0 Å². The fourth-order valence-electron chi connectivity index (χ4n) is 5.09. The molecule has 0 amide bonds. The van der Waals surface area contributed by atoms with Crippen LogP contribution in [0.5, 0.6) is 11.5 Å². The number of likely N-dealkylation sites (tertiary alicyclic amines) is 1. The van der Waals surface area contributed by atoms with Crippen LogP contribution in [0.3, 0.4) is 0 Å². The third-order valence-corrected chi connectivity index (χ3v) is 7.19.